The molecular weight excluding hydrogens is 264 g/mol. The summed E-state index contributed by atoms with van der Waals surface area (Å²) in [7, 11) is 0. The predicted octanol–water partition coefficient (Wildman–Crippen LogP) is 3.50. The normalized spacial score (nSPS) is 10.5. The van der Waals surface area contributed by atoms with Crippen LogP contribution in [-0.2, 0) is 0 Å². The maximum atomic E-state index is 12.2. The molecule has 4 nitrogen and oxygen atoms in total. The number of aryl methyl sites for hydroxylation is 1. The van der Waals surface area contributed by atoms with Gasteiger partial charge in [0.2, 0.25) is 0 Å². The topological polar surface area (TPSA) is 62.2 Å². The van der Waals surface area contributed by atoms with Crippen molar-refractivity contribution in [2.45, 2.75) is 6.92 Å². The molecule has 0 spiro atoms. The van der Waals surface area contributed by atoms with Crippen molar-refractivity contribution in [3.63, 3.8) is 0 Å². The highest BCUT2D eigenvalue weighted by molar-refractivity contribution is 6.05. The number of nitrogens with one attached hydrogen (secondary N) is 1. The maximum Gasteiger partial charge on any atom is 0.255 e. The molecule has 0 aliphatic carbocycles. The Hall–Kier alpha value is -2.88. The first-order chi connectivity index (χ1) is 10.1. The molecule has 0 atom stereocenters. The zero-order valence-corrected chi connectivity index (χ0v) is 11.5. The fourth-order valence-electron chi connectivity index (χ4n) is 2.15. The molecule has 4 heteroatoms. The van der Waals surface area contributed by atoms with Gasteiger partial charge in [-0.05, 0) is 55.0 Å². The monoisotopic (exact) mass is 278 g/mol. The molecule has 1 heterocycles. The van der Waals surface area contributed by atoms with Gasteiger partial charge in [-0.15, -0.1) is 0 Å². The van der Waals surface area contributed by atoms with Gasteiger partial charge in [0.25, 0.3) is 5.91 Å². The molecule has 2 N–H and O–H groups in total. The Bertz CT molecular complexity index is 828. The Morgan fingerprint density at radius 3 is 2.81 bits per heavy atom. The van der Waals surface area contributed by atoms with Gasteiger partial charge in [0.15, 0.2) is 0 Å². The predicted molar refractivity (Wildman–Crippen MR) is 82.5 cm³/mol. The van der Waals surface area contributed by atoms with Gasteiger partial charge in [0.1, 0.15) is 5.75 Å². The van der Waals surface area contributed by atoms with Crippen LogP contribution >= 0.6 is 0 Å². The van der Waals surface area contributed by atoms with Crippen molar-refractivity contribution in [3.05, 3.63) is 65.9 Å². The summed E-state index contributed by atoms with van der Waals surface area (Å²) in [5, 5.41) is 13.3. The summed E-state index contributed by atoms with van der Waals surface area (Å²) in [5.41, 5.74) is 2.78. The third kappa shape index (κ3) is 2.69. The first kappa shape index (κ1) is 13.1. The van der Waals surface area contributed by atoms with Crippen LogP contribution in [0.25, 0.3) is 10.9 Å². The van der Waals surface area contributed by atoms with E-state index in [4.69, 9.17) is 0 Å². The molecule has 0 saturated heterocycles. The number of carbonyl (C=O) groups is 1. The van der Waals surface area contributed by atoms with Gasteiger partial charge in [-0.3, -0.25) is 9.78 Å². The zero-order chi connectivity index (χ0) is 14.8. The number of hydrogen-bond donors (Lipinski definition) is 2. The second kappa shape index (κ2) is 5.25. The second-order valence-electron chi connectivity index (χ2n) is 4.87. The van der Waals surface area contributed by atoms with Crippen molar-refractivity contribution in [3.8, 4) is 5.75 Å². The van der Waals surface area contributed by atoms with Crippen LogP contribution < -0.4 is 5.32 Å². The van der Waals surface area contributed by atoms with E-state index in [0.717, 1.165) is 10.9 Å². The van der Waals surface area contributed by atoms with E-state index in [9.17, 15) is 9.90 Å². The molecule has 2 aromatic carbocycles. The summed E-state index contributed by atoms with van der Waals surface area (Å²) in [4.78, 5) is 16.4. The Labute approximate surface area is 122 Å². The van der Waals surface area contributed by atoms with Crippen molar-refractivity contribution >= 4 is 22.5 Å². The smallest absolute Gasteiger partial charge is 0.255 e. The van der Waals surface area contributed by atoms with E-state index in [-0.39, 0.29) is 11.7 Å². The number of rotatable bonds is 2. The minimum Gasteiger partial charge on any atom is -0.508 e. The summed E-state index contributed by atoms with van der Waals surface area (Å²) in [6.07, 6.45) is 1.74. The molecule has 3 aromatic rings. The number of nitrogens with zero attached hydrogens (tertiary/aromatic N) is 1. The van der Waals surface area contributed by atoms with Crippen molar-refractivity contribution < 1.29 is 9.90 Å². The summed E-state index contributed by atoms with van der Waals surface area (Å²) >= 11 is 0. The zero-order valence-electron chi connectivity index (χ0n) is 11.5. The average molecular weight is 278 g/mol. The molecule has 0 saturated carbocycles. The largest absolute Gasteiger partial charge is 0.508 e. The molecule has 0 fully saturated rings. The van der Waals surface area contributed by atoms with Crippen LogP contribution in [0.2, 0.25) is 0 Å². The third-order valence-electron chi connectivity index (χ3n) is 3.32. The Morgan fingerprint density at radius 2 is 2.00 bits per heavy atom. The minimum absolute atomic E-state index is 0.184. The van der Waals surface area contributed by atoms with Gasteiger partial charge < -0.3 is 10.4 Å². The quantitative estimate of drug-likeness (QED) is 0.754. The number of phenolic OH excluding ortho intramolecular Hbond substituents is 1. The summed E-state index contributed by atoms with van der Waals surface area (Å²) in [6, 6.07) is 14.2. The molecule has 21 heavy (non-hydrogen) atoms. The van der Waals surface area contributed by atoms with Crippen molar-refractivity contribution in [1.82, 2.24) is 4.98 Å². The summed E-state index contributed by atoms with van der Waals surface area (Å²) < 4.78 is 0. The van der Waals surface area contributed by atoms with Crippen LogP contribution in [0.15, 0.2) is 54.7 Å². The highest BCUT2D eigenvalue weighted by Crippen LogP contribution is 2.20. The number of fused-ring (bicyclic) bond motifs is 1. The minimum atomic E-state index is -0.207. The molecule has 0 unspecified atom stereocenters. The molecule has 1 amide bonds. The molecule has 0 bridgehead atoms. The van der Waals surface area contributed by atoms with E-state index in [1.54, 1.807) is 25.3 Å². The summed E-state index contributed by atoms with van der Waals surface area (Å²) in [6.45, 7) is 1.76. The lowest BCUT2D eigenvalue weighted by Crippen LogP contribution is -2.11. The fourth-order valence-corrected chi connectivity index (χ4v) is 2.15. The SMILES string of the molecule is Cc1cc(C(=O)Nc2ccc3ncccc3c2)ccc1O. The van der Waals surface area contributed by atoms with E-state index in [1.165, 1.54) is 6.07 Å². The van der Waals surface area contributed by atoms with Gasteiger partial charge in [-0.2, -0.15) is 0 Å². The van der Waals surface area contributed by atoms with Crippen LogP contribution in [0.1, 0.15) is 15.9 Å². The lowest BCUT2D eigenvalue weighted by atomic mass is 10.1. The van der Waals surface area contributed by atoms with Crippen LogP contribution in [0.5, 0.6) is 5.75 Å². The fraction of sp³-hybridized carbons (Fsp3) is 0.0588. The molecule has 104 valence electrons. The standard InChI is InChI=1S/C17H14N2O2/c1-11-9-13(4-7-16(11)20)17(21)19-14-5-6-15-12(10-14)3-2-8-18-15/h2-10,20H,1H3,(H,19,21). The number of carbonyl (C=O) groups excluding carboxylic acids is 1. The Balaban J connectivity index is 1.87. The number of benzene rings is 2. The third-order valence-corrected chi connectivity index (χ3v) is 3.32. The number of amides is 1. The van der Waals surface area contributed by atoms with Crippen LogP contribution in [0.4, 0.5) is 5.69 Å². The number of hydrogen-bond acceptors (Lipinski definition) is 3. The molecular formula is C17H14N2O2. The van der Waals surface area contributed by atoms with E-state index < -0.39 is 0 Å². The molecule has 3 rings (SSSR count). The first-order valence-electron chi connectivity index (χ1n) is 6.59. The average Bonchev–Trinajstić information content (AvgIpc) is 2.50. The highest BCUT2D eigenvalue weighted by atomic mass is 16.3. The number of aromatic hydroxyl groups is 1. The Morgan fingerprint density at radius 1 is 1.14 bits per heavy atom. The maximum absolute atomic E-state index is 12.2. The Kier molecular flexibility index (Phi) is 3.28. The van der Waals surface area contributed by atoms with Gasteiger partial charge in [-0.1, -0.05) is 6.07 Å². The van der Waals surface area contributed by atoms with E-state index >= 15 is 0 Å². The van der Waals surface area contributed by atoms with Crippen LogP contribution in [0.3, 0.4) is 0 Å². The van der Waals surface area contributed by atoms with E-state index in [1.807, 2.05) is 30.3 Å². The highest BCUT2D eigenvalue weighted by Gasteiger charge is 2.08. The second-order valence-corrected chi connectivity index (χ2v) is 4.87. The molecule has 0 aliphatic rings. The van der Waals surface area contributed by atoms with E-state index in [2.05, 4.69) is 10.3 Å². The first-order valence-corrected chi connectivity index (χ1v) is 6.59. The number of pyridine rings is 1. The lowest BCUT2D eigenvalue weighted by molar-refractivity contribution is 0.102. The number of anilines is 1. The van der Waals surface area contributed by atoms with Gasteiger partial charge in [0.05, 0.1) is 5.52 Å². The van der Waals surface area contributed by atoms with Crippen LogP contribution in [0, 0.1) is 6.92 Å². The molecule has 0 radical (unpaired) electrons. The molecule has 1 aromatic heterocycles. The number of phenols is 1. The van der Waals surface area contributed by atoms with E-state index in [0.29, 0.717) is 16.8 Å². The van der Waals surface area contributed by atoms with Gasteiger partial charge in [0, 0.05) is 22.8 Å². The van der Waals surface area contributed by atoms with Crippen molar-refractivity contribution in [2.75, 3.05) is 5.32 Å². The van der Waals surface area contributed by atoms with Crippen molar-refractivity contribution in [2.24, 2.45) is 0 Å². The lowest BCUT2D eigenvalue weighted by Gasteiger charge is -2.07. The number of aromatic nitrogens is 1. The molecule has 0 aliphatic heterocycles. The van der Waals surface area contributed by atoms with Crippen molar-refractivity contribution in [1.29, 1.82) is 0 Å². The van der Waals surface area contributed by atoms with Gasteiger partial charge in [-0.25, -0.2) is 0 Å². The summed E-state index contributed by atoms with van der Waals surface area (Å²) in [5.74, 6) is -0.0235. The van der Waals surface area contributed by atoms with Gasteiger partial charge >= 0.3 is 0 Å². The van der Waals surface area contributed by atoms with Crippen LogP contribution in [-0.4, -0.2) is 16.0 Å².